The Labute approximate surface area is 329 Å². The molecule has 0 saturated carbocycles. The van der Waals surface area contributed by atoms with Crippen LogP contribution in [0.25, 0.3) is 11.1 Å². The maximum absolute atomic E-state index is 7.50. The lowest BCUT2D eigenvalue weighted by Crippen LogP contribution is -2.61. The smallest absolute Gasteiger partial charge is 0.297 e. The standard InChI is InChI=1S/C51H55BN2O/c1-31(2)35-19-24-39-41(29-35)54(40-30-36(18-17-33(40)4)34-15-13-12-14-16-34)43-28-32(3)27-42-45(43)52(39)48-46(44-47(55-48)51(10,11)26-25-50(44,8)9)53(42)38-22-20-37(21-23-38)49(5,6)7/h12-24,27-31H,25-26H2,1-11H3. The molecule has 3 aliphatic rings. The number of anilines is 6. The molecule has 0 N–H and O–H groups in total. The molecule has 0 amide bonds. The van der Waals surface area contributed by atoms with Gasteiger partial charge in [0.1, 0.15) is 5.76 Å². The van der Waals surface area contributed by atoms with E-state index >= 15 is 0 Å². The van der Waals surface area contributed by atoms with Crippen molar-refractivity contribution in [2.24, 2.45) is 0 Å². The third-order valence-electron chi connectivity index (χ3n) is 12.9. The normalized spacial score (nSPS) is 16.5. The van der Waals surface area contributed by atoms with E-state index in [1.54, 1.807) is 0 Å². The van der Waals surface area contributed by atoms with Crippen LogP contribution < -0.4 is 26.4 Å². The molecule has 6 aromatic rings. The van der Waals surface area contributed by atoms with E-state index in [9.17, 15) is 0 Å². The van der Waals surface area contributed by atoms with Gasteiger partial charge in [0.05, 0.1) is 11.3 Å². The van der Waals surface area contributed by atoms with E-state index in [-0.39, 0.29) is 23.0 Å². The van der Waals surface area contributed by atoms with Crippen LogP contribution in [0.15, 0.2) is 108 Å². The molecule has 9 rings (SSSR count). The fourth-order valence-electron chi connectivity index (χ4n) is 9.59. The Morgan fingerprint density at radius 1 is 0.673 bits per heavy atom. The summed E-state index contributed by atoms with van der Waals surface area (Å²) in [6, 6.07) is 39.2. The van der Waals surface area contributed by atoms with Crippen molar-refractivity contribution in [1.29, 1.82) is 0 Å². The number of benzene rings is 5. The molecule has 0 bridgehead atoms. The van der Waals surface area contributed by atoms with Gasteiger partial charge in [0.25, 0.3) is 6.71 Å². The van der Waals surface area contributed by atoms with Crippen LogP contribution in [0.3, 0.4) is 0 Å². The third-order valence-corrected chi connectivity index (χ3v) is 12.9. The Balaban J connectivity index is 1.39. The number of nitrogens with zero attached hydrogens (tertiary/aromatic N) is 2. The maximum atomic E-state index is 7.50. The third kappa shape index (κ3) is 5.53. The average molecular weight is 723 g/mol. The maximum Gasteiger partial charge on any atom is 0.297 e. The molecule has 3 nitrogen and oxygen atoms in total. The van der Waals surface area contributed by atoms with Gasteiger partial charge in [-0.15, -0.1) is 0 Å². The summed E-state index contributed by atoms with van der Waals surface area (Å²) in [5.74, 6) is 1.55. The summed E-state index contributed by atoms with van der Waals surface area (Å²) in [5.41, 5.74) is 20.0. The summed E-state index contributed by atoms with van der Waals surface area (Å²) >= 11 is 0. The van der Waals surface area contributed by atoms with Gasteiger partial charge in [0, 0.05) is 39.4 Å². The molecule has 1 aromatic heterocycles. The molecule has 55 heavy (non-hydrogen) atoms. The second-order valence-corrected chi connectivity index (χ2v) is 19.2. The van der Waals surface area contributed by atoms with E-state index in [0.29, 0.717) is 5.92 Å². The van der Waals surface area contributed by atoms with Crippen molar-refractivity contribution in [2.45, 2.75) is 111 Å². The molecule has 0 atom stereocenters. The van der Waals surface area contributed by atoms with Crippen LogP contribution in [-0.2, 0) is 16.2 Å². The monoisotopic (exact) mass is 722 g/mol. The van der Waals surface area contributed by atoms with E-state index in [2.05, 4.69) is 189 Å². The van der Waals surface area contributed by atoms with Gasteiger partial charge in [-0.1, -0.05) is 129 Å². The largest absolute Gasteiger partial charge is 0.472 e. The van der Waals surface area contributed by atoms with Gasteiger partial charge >= 0.3 is 0 Å². The van der Waals surface area contributed by atoms with Crippen molar-refractivity contribution in [3.8, 4) is 11.1 Å². The number of aryl methyl sites for hydroxylation is 2. The zero-order chi connectivity index (χ0) is 38.8. The van der Waals surface area contributed by atoms with Crippen molar-refractivity contribution < 1.29 is 4.42 Å². The van der Waals surface area contributed by atoms with Gasteiger partial charge < -0.3 is 14.2 Å². The number of hydrogen-bond acceptors (Lipinski definition) is 3. The first-order valence-corrected chi connectivity index (χ1v) is 20.4. The van der Waals surface area contributed by atoms with Gasteiger partial charge in [0.15, 0.2) is 0 Å². The quantitative estimate of drug-likeness (QED) is 0.169. The highest BCUT2D eigenvalue weighted by Crippen LogP contribution is 2.55. The van der Waals surface area contributed by atoms with E-state index < -0.39 is 0 Å². The van der Waals surface area contributed by atoms with Crippen LogP contribution in [0.5, 0.6) is 0 Å². The molecule has 0 fully saturated rings. The molecule has 0 saturated heterocycles. The Morgan fingerprint density at radius 3 is 2.02 bits per heavy atom. The number of fused-ring (bicyclic) bond motifs is 6. The van der Waals surface area contributed by atoms with Crippen molar-refractivity contribution in [3.05, 3.63) is 137 Å². The number of hydrogen-bond donors (Lipinski definition) is 0. The summed E-state index contributed by atoms with van der Waals surface area (Å²) in [5, 5.41) is 0. The Morgan fingerprint density at radius 2 is 1.35 bits per heavy atom. The van der Waals surface area contributed by atoms with Crippen molar-refractivity contribution >= 4 is 57.4 Å². The van der Waals surface area contributed by atoms with E-state index in [1.807, 2.05) is 0 Å². The lowest BCUT2D eigenvalue weighted by Gasteiger charge is -2.44. The van der Waals surface area contributed by atoms with Crippen molar-refractivity contribution in [3.63, 3.8) is 0 Å². The molecule has 0 radical (unpaired) electrons. The Kier molecular flexibility index (Phi) is 7.97. The first-order chi connectivity index (χ1) is 26.0. The fraction of sp³-hybridized carbons (Fsp3) is 0.333. The van der Waals surface area contributed by atoms with E-state index in [4.69, 9.17) is 4.42 Å². The second-order valence-electron chi connectivity index (χ2n) is 19.2. The van der Waals surface area contributed by atoms with Gasteiger partial charge in [0.2, 0.25) is 0 Å². The summed E-state index contributed by atoms with van der Waals surface area (Å²) in [6.07, 6.45) is 2.21. The molecule has 1 aliphatic carbocycles. The molecule has 0 spiro atoms. The highest BCUT2D eigenvalue weighted by molar-refractivity contribution is 6.99. The first-order valence-electron chi connectivity index (χ1n) is 20.4. The van der Waals surface area contributed by atoms with Gasteiger partial charge in [-0.2, -0.15) is 0 Å². The molecular formula is C51H55BN2O. The van der Waals surface area contributed by atoms with Crippen LogP contribution in [-0.4, -0.2) is 6.71 Å². The van der Waals surface area contributed by atoms with Gasteiger partial charge in [-0.3, -0.25) is 0 Å². The van der Waals surface area contributed by atoms with Crippen molar-refractivity contribution in [1.82, 2.24) is 0 Å². The molecule has 278 valence electrons. The lowest BCUT2D eigenvalue weighted by molar-refractivity contribution is 0.282. The summed E-state index contributed by atoms with van der Waals surface area (Å²) in [4.78, 5) is 5.16. The Bertz CT molecular complexity index is 2480. The van der Waals surface area contributed by atoms with Crippen LogP contribution in [0, 0.1) is 13.8 Å². The molecule has 2 aliphatic heterocycles. The fourth-order valence-corrected chi connectivity index (χ4v) is 9.59. The minimum Gasteiger partial charge on any atom is -0.472 e. The topological polar surface area (TPSA) is 19.6 Å². The summed E-state index contributed by atoms with van der Waals surface area (Å²) < 4.78 is 7.50. The van der Waals surface area contributed by atoms with Gasteiger partial charge in [-0.25, -0.2) is 0 Å². The highest BCUT2D eigenvalue weighted by atomic mass is 16.3. The minimum absolute atomic E-state index is 0.0459. The first kappa shape index (κ1) is 35.7. The van der Waals surface area contributed by atoms with E-state index in [1.165, 1.54) is 84.0 Å². The zero-order valence-corrected chi connectivity index (χ0v) is 34.7. The molecule has 0 unspecified atom stereocenters. The van der Waals surface area contributed by atoms with E-state index in [0.717, 1.165) is 24.3 Å². The van der Waals surface area contributed by atoms with Crippen LogP contribution in [0.4, 0.5) is 34.1 Å². The molecule has 4 heteroatoms. The highest BCUT2D eigenvalue weighted by Gasteiger charge is 2.52. The predicted octanol–water partition coefficient (Wildman–Crippen LogP) is 12.4. The number of rotatable bonds is 4. The van der Waals surface area contributed by atoms with Crippen LogP contribution >= 0.6 is 0 Å². The summed E-state index contributed by atoms with van der Waals surface area (Å²) in [6.45, 7) is 25.6. The summed E-state index contributed by atoms with van der Waals surface area (Å²) in [7, 11) is 0. The average Bonchev–Trinajstić information content (AvgIpc) is 3.57. The number of furan rings is 1. The Hall–Kier alpha value is -4.96. The molecule has 3 heterocycles. The van der Waals surface area contributed by atoms with Crippen LogP contribution in [0.1, 0.15) is 115 Å². The minimum atomic E-state index is -0.0745. The SMILES string of the molecule is Cc1cc2c3c(c1)N(c1ccc(C(C)(C)C)cc1)c1c(oc4c1C(C)(C)CCC4(C)C)B3c1ccc(C(C)C)cc1N2c1cc(-c2ccccc2)ccc1C. The van der Waals surface area contributed by atoms with Crippen LogP contribution in [0.2, 0.25) is 0 Å². The predicted molar refractivity (Wildman–Crippen MR) is 236 cm³/mol. The molecule has 5 aromatic carbocycles. The second kappa shape index (κ2) is 12.3. The van der Waals surface area contributed by atoms with Gasteiger partial charge in [-0.05, 0) is 124 Å². The van der Waals surface area contributed by atoms with Crippen molar-refractivity contribution in [2.75, 3.05) is 9.80 Å². The molecular weight excluding hydrogens is 667 g/mol. The lowest BCUT2D eigenvalue weighted by atomic mass is 9.35. The zero-order valence-electron chi connectivity index (χ0n) is 34.7.